The van der Waals surface area contributed by atoms with Gasteiger partial charge in [-0.2, -0.15) is 0 Å². The van der Waals surface area contributed by atoms with Gasteiger partial charge in [-0.25, -0.2) is 13.4 Å². The number of benzene rings is 1. The summed E-state index contributed by atoms with van der Waals surface area (Å²) in [6.07, 6.45) is 0.451. The Balaban J connectivity index is 1.81. The standard InChI is InChI=1S/C21H33NO5S2Si/c1-19(2,3)30(6,7)26-13-12-21(14-25-20(4,5)27-21)15-29(23,24)18-22-16-10-8-9-11-17(16)28-18/h8-11H,12-15H2,1-7H3. The van der Waals surface area contributed by atoms with Gasteiger partial charge in [-0.3, -0.25) is 0 Å². The minimum absolute atomic E-state index is 0.0829. The van der Waals surface area contributed by atoms with E-state index in [0.717, 1.165) is 4.70 Å². The van der Waals surface area contributed by atoms with Crippen LogP contribution in [0.3, 0.4) is 0 Å². The van der Waals surface area contributed by atoms with Crippen molar-refractivity contribution in [2.45, 2.75) is 74.9 Å². The maximum atomic E-state index is 13.3. The SMILES string of the molecule is CC1(C)OCC(CCO[Si](C)(C)C(C)(C)C)(CS(=O)(=O)c2nc3ccccc3s2)O1. The fourth-order valence-electron chi connectivity index (χ4n) is 3.25. The van der Waals surface area contributed by atoms with Crippen molar-refractivity contribution in [2.24, 2.45) is 0 Å². The molecule has 1 saturated heterocycles. The first-order chi connectivity index (χ1) is 13.6. The van der Waals surface area contributed by atoms with E-state index >= 15 is 0 Å². The largest absolute Gasteiger partial charge is 0.417 e. The third kappa shape index (κ3) is 5.13. The second kappa shape index (κ2) is 7.93. The molecule has 1 aliphatic rings. The molecule has 0 saturated carbocycles. The van der Waals surface area contributed by atoms with E-state index in [-0.39, 0.29) is 21.7 Å². The van der Waals surface area contributed by atoms with E-state index in [1.54, 1.807) is 0 Å². The summed E-state index contributed by atoms with van der Waals surface area (Å²) in [6.45, 7) is 15.2. The summed E-state index contributed by atoms with van der Waals surface area (Å²) in [6, 6.07) is 7.45. The van der Waals surface area contributed by atoms with Gasteiger partial charge >= 0.3 is 0 Å². The Morgan fingerprint density at radius 2 is 1.90 bits per heavy atom. The lowest BCUT2D eigenvalue weighted by Crippen LogP contribution is -2.45. The first-order valence-corrected chi connectivity index (χ1v) is 15.6. The summed E-state index contributed by atoms with van der Waals surface area (Å²) >= 11 is 1.20. The van der Waals surface area contributed by atoms with Crippen molar-refractivity contribution in [3.8, 4) is 0 Å². The number of sulfone groups is 1. The minimum atomic E-state index is -3.65. The minimum Gasteiger partial charge on any atom is -0.417 e. The van der Waals surface area contributed by atoms with E-state index in [1.807, 2.05) is 38.1 Å². The van der Waals surface area contributed by atoms with Crippen LogP contribution in [0.2, 0.25) is 18.1 Å². The molecule has 0 radical (unpaired) electrons. The maximum Gasteiger partial charge on any atom is 0.210 e. The third-order valence-electron chi connectivity index (χ3n) is 5.97. The van der Waals surface area contributed by atoms with Gasteiger partial charge in [0.2, 0.25) is 14.2 Å². The van der Waals surface area contributed by atoms with Crippen molar-refractivity contribution < 1.29 is 22.3 Å². The molecule has 168 valence electrons. The number of para-hydroxylation sites is 1. The third-order valence-corrected chi connectivity index (χ3v) is 13.9. The summed E-state index contributed by atoms with van der Waals surface area (Å²) in [5.41, 5.74) is -0.261. The molecule has 1 unspecified atom stereocenters. The molecule has 0 aliphatic carbocycles. The van der Waals surface area contributed by atoms with Gasteiger partial charge in [0.25, 0.3) is 0 Å². The first kappa shape index (κ1) is 23.8. The number of hydrogen-bond donors (Lipinski definition) is 0. The number of aromatic nitrogens is 1. The quantitative estimate of drug-likeness (QED) is 0.529. The van der Waals surface area contributed by atoms with Crippen LogP contribution in [0.5, 0.6) is 0 Å². The zero-order valence-corrected chi connectivity index (χ0v) is 21.6. The highest BCUT2D eigenvalue weighted by Gasteiger charge is 2.49. The average molecular weight is 472 g/mol. The Bertz CT molecular complexity index is 977. The van der Waals surface area contributed by atoms with Crippen molar-refractivity contribution in [3.05, 3.63) is 24.3 Å². The molecule has 0 spiro atoms. The van der Waals surface area contributed by atoms with Crippen LogP contribution in [-0.2, 0) is 23.7 Å². The van der Waals surface area contributed by atoms with Crippen molar-refractivity contribution >= 4 is 39.7 Å². The predicted molar refractivity (Wildman–Crippen MR) is 123 cm³/mol. The number of ether oxygens (including phenoxy) is 2. The lowest BCUT2D eigenvalue weighted by molar-refractivity contribution is -0.158. The number of rotatable bonds is 7. The van der Waals surface area contributed by atoms with Gasteiger partial charge < -0.3 is 13.9 Å². The highest BCUT2D eigenvalue weighted by molar-refractivity contribution is 7.93. The molecular weight excluding hydrogens is 438 g/mol. The normalized spacial score (nSPS) is 22.6. The summed E-state index contributed by atoms with van der Waals surface area (Å²) in [5.74, 6) is -1.01. The van der Waals surface area contributed by atoms with E-state index in [0.29, 0.717) is 18.5 Å². The molecule has 3 rings (SSSR count). The molecule has 1 atom stereocenters. The van der Waals surface area contributed by atoms with Gasteiger partial charge in [0.1, 0.15) is 5.60 Å². The molecule has 30 heavy (non-hydrogen) atoms. The number of hydrogen-bond acceptors (Lipinski definition) is 7. The van der Waals surface area contributed by atoms with Crippen LogP contribution in [0, 0.1) is 0 Å². The smallest absolute Gasteiger partial charge is 0.210 e. The van der Waals surface area contributed by atoms with E-state index in [2.05, 4.69) is 38.8 Å². The topological polar surface area (TPSA) is 74.7 Å². The van der Waals surface area contributed by atoms with Crippen molar-refractivity contribution in [2.75, 3.05) is 19.0 Å². The van der Waals surface area contributed by atoms with Crippen LogP contribution in [0.1, 0.15) is 41.0 Å². The van der Waals surface area contributed by atoms with Gasteiger partial charge in [-0.1, -0.05) is 32.9 Å². The summed E-state index contributed by atoms with van der Waals surface area (Å²) in [5, 5.41) is 0.0829. The fourth-order valence-corrected chi connectivity index (χ4v) is 7.29. The molecule has 1 aromatic carbocycles. The van der Waals surface area contributed by atoms with Crippen LogP contribution < -0.4 is 0 Å². The van der Waals surface area contributed by atoms with Crippen LogP contribution >= 0.6 is 11.3 Å². The van der Waals surface area contributed by atoms with E-state index in [9.17, 15) is 8.42 Å². The number of fused-ring (bicyclic) bond motifs is 1. The monoisotopic (exact) mass is 471 g/mol. The van der Waals surface area contributed by atoms with Crippen molar-refractivity contribution in [1.29, 1.82) is 0 Å². The highest BCUT2D eigenvalue weighted by atomic mass is 32.2. The Kier molecular flexibility index (Phi) is 6.30. The molecule has 0 bridgehead atoms. The molecule has 1 fully saturated rings. The first-order valence-electron chi connectivity index (χ1n) is 10.2. The molecule has 0 N–H and O–H groups in total. The Morgan fingerprint density at radius 3 is 2.47 bits per heavy atom. The average Bonchev–Trinajstić information content (AvgIpc) is 3.15. The predicted octanol–water partition coefficient (Wildman–Crippen LogP) is 5.00. The Morgan fingerprint density at radius 1 is 1.23 bits per heavy atom. The van der Waals surface area contributed by atoms with Crippen molar-refractivity contribution in [3.63, 3.8) is 0 Å². The van der Waals surface area contributed by atoms with Crippen LogP contribution in [0.4, 0.5) is 0 Å². The molecular formula is C21H33NO5S2Si. The number of thiazole rings is 1. The van der Waals surface area contributed by atoms with Crippen LogP contribution in [0.25, 0.3) is 10.2 Å². The molecule has 1 aliphatic heterocycles. The van der Waals surface area contributed by atoms with Gasteiger partial charge in [0, 0.05) is 13.0 Å². The van der Waals surface area contributed by atoms with E-state index < -0.39 is 29.5 Å². The Hall–Kier alpha value is -0.843. The summed E-state index contributed by atoms with van der Waals surface area (Å²) in [7, 11) is -5.60. The second-order valence-electron chi connectivity index (χ2n) is 10.0. The van der Waals surface area contributed by atoms with Gasteiger partial charge in [0.05, 0.1) is 22.6 Å². The molecule has 6 nitrogen and oxygen atoms in total. The summed E-state index contributed by atoms with van der Waals surface area (Å²) in [4.78, 5) is 4.36. The lowest BCUT2D eigenvalue weighted by atomic mass is 10.0. The zero-order valence-electron chi connectivity index (χ0n) is 18.9. The zero-order chi connectivity index (χ0) is 22.4. The van der Waals surface area contributed by atoms with Gasteiger partial charge in [-0.05, 0) is 44.1 Å². The van der Waals surface area contributed by atoms with Crippen LogP contribution in [0.15, 0.2) is 28.6 Å². The maximum absolute atomic E-state index is 13.3. The lowest BCUT2D eigenvalue weighted by Gasteiger charge is -2.37. The number of nitrogens with zero attached hydrogens (tertiary/aromatic N) is 1. The Labute approximate surface area is 185 Å². The van der Waals surface area contributed by atoms with Crippen molar-refractivity contribution in [1.82, 2.24) is 4.98 Å². The van der Waals surface area contributed by atoms with Gasteiger partial charge in [-0.15, -0.1) is 11.3 Å². The van der Waals surface area contributed by atoms with E-state index in [4.69, 9.17) is 13.9 Å². The fraction of sp³-hybridized carbons (Fsp3) is 0.667. The molecule has 0 amide bonds. The highest BCUT2D eigenvalue weighted by Crippen LogP contribution is 2.39. The second-order valence-corrected chi connectivity index (χ2v) is 18.0. The summed E-state index contributed by atoms with van der Waals surface area (Å²) < 4.78 is 45.8. The van der Waals surface area contributed by atoms with Gasteiger partial charge in [0.15, 0.2) is 14.1 Å². The van der Waals surface area contributed by atoms with E-state index in [1.165, 1.54) is 11.3 Å². The molecule has 2 aromatic rings. The van der Waals surface area contributed by atoms with Crippen LogP contribution in [-0.4, -0.2) is 52.1 Å². The molecule has 2 heterocycles. The molecule has 1 aromatic heterocycles. The molecule has 9 heteroatoms.